The predicted octanol–water partition coefficient (Wildman–Crippen LogP) is 1.51. The summed E-state index contributed by atoms with van der Waals surface area (Å²) >= 11 is 0. The number of aromatic amines is 2. The maximum absolute atomic E-state index is 11.5. The van der Waals surface area contributed by atoms with Crippen molar-refractivity contribution in [3.63, 3.8) is 0 Å². The van der Waals surface area contributed by atoms with Gasteiger partial charge in [-0.3, -0.25) is 14.6 Å². The second-order valence-electron chi connectivity index (χ2n) is 4.78. The van der Waals surface area contributed by atoms with Gasteiger partial charge in [0.05, 0.1) is 13.0 Å². The van der Waals surface area contributed by atoms with Crippen LogP contribution in [0.3, 0.4) is 0 Å². The molecule has 0 aliphatic carbocycles. The van der Waals surface area contributed by atoms with Gasteiger partial charge < -0.3 is 9.72 Å². The van der Waals surface area contributed by atoms with Crippen LogP contribution in [0.5, 0.6) is 0 Å². The van der Waals surface area contributed by atoms with Crippen molar-refractivity contribution in [1.82, 2.24) is 9.97 Å². The van der Waals surface area contributed by atoms with Crippen molar-refractivity contribution in [3.05, 3.63) is 32.6 Å². The normalized spacial score (nSPS) is 10.4. The quantitative estimate of drug-likeness (QED) is 0.530. The zero-order chi connectivity index (χ0) is 14.8. The van der Waals surface area contributed by atoms with E-state index in [9.17, 15) is 14.4 Å². The van der Waals surface area contributed by atoms with E-state index in [-0.39, 0.29) is 12.1 Å². The third-order valence-corrected chi connectivity index (χ3v) is 2.91. The highest BCUT2D eigenvalue weighted by atomic mass is 16.5. The standard InChI is InChI=1S/C14H22N2O4/c1-2-3-4-5-6-7-8-20-13(18)10-11-9-12(17)16-14(19)15-11/h9H,2-8,10H2,1H3,(H2,15,16,17,19). The van der Waals surface area contributed by atoms with Crippen molar-refractivity contribution in [2.45, 2.75) is 51.9 Å². The molecule has 1 rings (SSSR count). The van der Waals surface area contributed by atoms with Crippen molar-refractivity contribution in [1.29, 1.82) is 0 Å². The first-order valence-electron chi connectivity index (χ1n) is 7.10. The van der Waals surface area contributed by atoms with Gasteiger partial charge in [0.15, 0.2) is 0 Å². The number of H-pyrrole nitrogens is 2. The molecule has 0 saturated carbocycles. The summed E-state index contributed by atoms with van der Waals surface area (Å²) in [5.74, 6) is -0.431. The topological polar surface area (TPSA) is 92.0 Å². The lowest BCUT2D eigenvalue weighted by atomic mass is 10.1. The Hall–Kier alpha value is -1.85. The van der Waals surface area contributed by atoms with Gasteiger partial charge in [-0.1, -0.05) is 39.0 Å². The molecule has 0 bridgehead atoms. The largest absolute Gasteiger partial charge is 0.465 e. The highest BCUT2D eigenvalue weighted by Gasteiger charge is 2.06. The van der Waals surface area contributed by atoms with Crippen LogP contribution in [-0.2, 0) is 16.0 Å². The van der Waals surface area contributed by atoms with Gasteiger partial charge in [-0.25, -0.2) is 4.79 Å². The molecule has 0 atom stereocenters. The molecular weight excluding hydrogens is 260 g/mol. The minimum atomic E-state index is -0.615. The van der Waals surface area contributed by atoms with E-state index in [4.69, 9.17) is 4.74 Å². The fourth-order valence-corrected chi connectivity index (χ4v) is 1.89. The number of carbonyl (C=O) groups excluding carboxylic acids is 1. The highest BCUT2D eigenvalue weighted by molar-refractivity contribution is 5.71. The molecule has 0 fully saturated rings. The lowest BCUT2D eigenvalue weighted by Gasteiger charge is -2.04. The number of aromatic nitrogens is 2. The number of esters is 1. The summed E-state index contributed by atoms with van der Waals surface area (Å²) in [5.41, 5.74) is -0.865. The molecule has 0 spiro atoms. The molecule has 0 amide bonds. The van der Waals surface area contributed by atoms with Crippen LogP contribution in [0.2, 0.25) is 0 Å². The molecule has 0 aliphatic rings. The maximum atomic E-state index is 11.5. The van der Waals surface area contributed by atoms with Crippen molar-refractivity contribution in [3.8, 4) is 0 Å². The third-order valence-electron chi connectivity index (χ3n) is 2.91. The summed E-state index contributed by atoms with van der Waals surface area (Å²) in [6.07, 6.45) is 6.65. The van der Waals surface area contributed by atoms with E-state index in [0.29, 0.717) is 6.61 Å². The van der Waals surface area contributed by atoms with E-state index in [1.54, 1.807) is 0 Å². The minimum Gasteiger partial charge on any atom is -0.465 e. The van der Waals surface area contributed by atoms with Gasteiger partial charge >= 0.3 is 11.7 Å². The van der Waals surface area contributed by atoms with Gasteiger partial charge in [-0.15, -0.1) is 0 Å². The van der Waals surface area contributed by atoms with Gasteiger partial charge in [-0.2, -0.15) is 0 Å². The molecule has 112 valence electrons. The SMILES string of the molecule is CCCCCCCCOC(=O)Cc1cc(=O)[nH]c(=O)[nH]1. The molecule has 0 unspecified atom stereocenters. The summed E-state index contributed by atoms with van der Waals surface area (Å²) in [7, 11) is 0. The Kier molecular flexibility index (Phi) is 7.39. The van der Waals surface area contributed by atoms with E-state index >= 15 is 0 Å². The van der Waals surface area contributed by atoms with Gasteiger partial charge in [0.2, 0.25) is 0 Å². The molecular formula is C14H22N2O4. The van der Waals surface area contributed by atoms with E-state index < -0.39 is 17.2 Å². The summed E-state index contributed by atoms with van der Waals surface area (Å²) in [6.45, 7) is 2.55. The van der Waals surface area contributed by atoms with Crippen molar-refractivity contribution in [2.24, 2.45) is 0 Å². The summed E-state index contributed by atoms with van der Waals surface area (Å²) in [6, 6.07) is 1.19. The second-order valence-corrected chi connectivity index (χ2v) is 4.78. The molecule has 20 heavy (non-hydrogen) atoms. The van der Waals surface area contributed by atoms with Crippen LogP contribution < -0.4 is 11.2 Å². The van der Waals surface area contributed by atoms with Crippen molar-refractivity contribution >= 4 is 5.97 Å². The van der Waals surface area contributed by atoms with Gasteiger partial charge in [0, 0.05) is 11.8 Å². The number of hydrogen-bond donors (Lipinski definition) is 2. The average Bonchev–Trinajstić information content (AvgIpc) is 2.36. The Morgan fingerprint density at radius 1 is 1.10 bits per heavy atom. The Bertz CT molecular complexity index is 490. The molecule has 0 aromatic carbocycles. The number of rotatable bonds is 9. The van der Waals surface area contributed by atoms with Crippen LogP contribution in [0.25, 0.3) is 0 Å². The number of ether oxygens (including phenoxy) is 1. The summed E-state index contributed by atoms with van der Waals surface area (Å²) in [5, 5.41) is 0. The number of hydrogen-bond acceptors (Lipinski definition) is 4. The number of carbonyl (C=O) groups is 1. The fraction of sp³-hybridized carbons (Fsp3) is 0.643. The first-order valence-corrected chi connectivity index (χ1v) is 7.10. The van der Waals surface area contributed by atoms with E-state index in [0.717, 1.165) is 19.3 Å². The van der Waals surface area contributed by atoms with Gasteiger partial charge in [0.25, 0.3) is 5.56 Å². The molecule has 0 saturated heterocycles. The Morgan fingerprint density at radius 3 is 2.50 bits per heavy atom. The Morgan fingerprint density at radius 2 is 1.80 bits per heavy atom. The van der Waals surface area contributed by atoms with Crippen LogP contribution in [0.1, 0.15) is 51.1 Å². The van der Waals surface area contributed by atoms with Crippen molar-refractivity contribution < 1.29 is 9.53 Å². The summed E-state index contributed by atoms with van der Waals surface area (Å²) in [4.78, 5) is 38.0. The van der Waals surface area contributed by atoms with Crippen molar-refractivity contribution in [2.75, 3.05) is 6.61 Å². The van der Waals surface area contributed by atoms with Crippen LogP contribution in [-0.4, -0.2) is 22.5 Å². The monoisotopic (exact) mass is 282 g/mol. The molecule has 6 nitrogen and oxygen atoms in total. The minimum absolute atomic E-state index is 0.0883. The molecule has 1 heterocycles. The predicted molar refractivity (Wildman–Crippen MR) is 75.7 cm³/mol. The first-order chi connectivity index (χ1) is 9.61. The molecule has 6 heteroatoms. The highest BCUT2D eigenvalue weighted by Crippen LogP contribution is 2.05. The van der Waals surface area contributed by atoms with E-state index in [2.05, 4.69) is 11.9 Å². The molecule has 1 aromatic heterocycles. The van der Waals surface area contributed by atoms with Gasteiger partial charge in [0.1, 0.15) is 0 Å². The Balaban J connectivity index is 2.20. The Labute approximate surface area is 117 Å². The van der Waals surface area contributed by atoms with Crippen LogP contribution in [0.4, 0.5) is 0 Å². The zero-order valence-electron chi connectivity index (χ0n) is 11.9. The lowest BCUT2D eigenvalue weighted by Crippen LogP contribution is -2.24. The molecule has 0 radical (unpaired) electrons. The number of nitrogens with one attached hydrogen (secondary N) is 2. The lowest BCUT2D eigenvalue weighted by molar-refractivity contribution is -0.143. The fourth-order valence-electron chi connectivity index (χ4n) is 1.89. The zero-order valence-corrected chi connectivity index (χ0v) is 11.9. The van der Waals surface area contributed by atoms with Crippen LogP contribution in [0, 0.1) is 0 Å². The third kappa shape index (κ3) is 6.92. The van der Waals surface area contributed by atoms with Crippen LogP contribution in [0.15, 0.2) is 15.7 Å². The molecule has 0 aliphatic heterocycles. The molecule has 1 aromatic rings. The first kappa shape index (κ1) is 16.2. The van der Waals surface area contributed by atoms with Crippen LogP contribution >= 0.6 is 0 Å². The number of unbranched alkanes of at least 4 members (excludes halogenated alkanes) is 5. The smallest absolute Gasteiger partial charge is 0.325 e. The van der Waals surface area contributed by atoms with E-state index in [1.807, 2.05) is 4.98 Å². The summed E-state index contributed by atoms with van der Waals surface area (Å²) < 4.78 is 5.06. The molecule has 2 N–H and O–H groups in total. The second kappa shape index (κ2) is 9.12. The average molecular weight is 282 g/mol. The van der Waals surface area contributed by atoms with Gasteiger partial charge in [-0.05, 0) is 6.42 Å². The van der Waals surface area contributed by atoms with E-state index in [1.165, 1.54) is 25.3 Å². The maximum Gasteiger partial charge on any atom is 0.325 e.